The van der Waals surface area contributed by atoms with Crippen molar-refractivity contribution in [3.8, 4) is 0 Å². The van der Waals surface area contributed by atoms with Crippen molar-refractivity contribution in [1.82, 2.24) is 20.0 Å². The van der Waals surface area contributed by atoms with E-state index in [1.807, 2.05) is 28.9 Å². The zero-order valence-corrected chi connectivity index (χ0v) is 18.1. The third-order valence-corrected chi connectivity index (χ3v) is 4.82. The number of nitrogens with one attached hydrogen (secondary N) is 2. The van der Waals surface area contributed by atoms with Crippen LogP contribution in [0.5, 0.6) is 0 Å². The zero-order chi connectivity index (χ0) is 16.2. The maximum absolute atomic E-state index is 4.58. The van der Waals surface area contributed by atoms with Gasteiger partial charge in [-0.25, -0.2) is 4.98 Å². The molecule has 24 heavy (non-hydrogen) atoms. The molecule has 0 aliphatic carbocycles. The van der Waals surface area contributed by atoms with Crippen LogP contribution in [-0.4, -0.2) is 22.4 Å². The van der Waals surface area contributed by atoms with Gasteiger partial charge in [0.1, 0.15) is 5.65 Å². The summed E-state index contributed by atoms with van der Waals surface area (Å²) in [6.07, 6.45) is 4.01. The quantitative estimate of drug-likeness (QED) is 0.312. The smallest absolute Gasteiger partial charge is 0.191 e. The number of aryl methyl sites for hydroxylation is 1. The molecule has 3 aromatic rings. The Morgan fingerprint density at radius 1 is 1.21 bits per heavy atom. The van der Waals surface area contributed by atoms with E-state index < -0.39 is 0 Å². The first-order valence-electron chi connectivity index (χ1n) is 7.27. The Morgan fingerprint density at radius 2 is 2.00 bits per heavy atom. The van der Waals surface area contributed by atoms with Crippen molar-refractivity contribution in [1.29, 1.82) is 0 Å². The Labute approximate surface area is 170 Å². The van der Waals surface area contributed by atoms with E-state index >= 15 is 0 Å². The number of pyridine rings is 1. The lowest BCUT2D eigenvalue weighted by Crippen LogP contribution is -2.36. The number of halogens is 2. The molecule has 0 bridgehead atoms. The average molecular weight is 520 g/mol. The number of aromatic nitrogens is 2. The summed E-state index contributed by atoms with van der Waals surface area (Å²) in [5.41, 5.74) is 1.90. The maximum Gasteiger partial charge on any atom is 0.191 e. The molecule has 3 aromatic heterocycles. The van der Waals surface area contributed by atoms with E-state index in [-0.39, 0.29) is 24.0 Å². The van der Waals surface area contributed by atoms with Gasteiger partial charge < -0.3 is 15.0 Å². The Balaban J connectivity index is 0.00000208. The summed E-state index contributed by atoms with van der Waals surface area (Å²) in [6.45, 7) is 3.52. The molecule has 128 valence electrons. The van der Waals surface area contributed by atoms with Crippen molar-refractivity contribution in [2.45, 2.75) is 20.0 Å². The minimum Gasteiger partial charge on any atom is -0.352 e. The number of imidazole rings is 1. The molecule has 0 unspecified atom stereocenters. The van der Waals surface area contributed by atoms with Crippen LogP contribution in [0.15, 0.2) is 46.1 Å². The molecule has 3 rings (SSSR count). The van der Waals surface area contributed by atoms with Crippen LogP contribution in [0.25, 0.3) is 5.65 Å². The van der Waals surface area contributed by atoms with Crippen LogP contribution in [0.4, 0.5) is 0 Å². The monoisotopic (exact) mass is 519 g/mol. The number of hydrogen-bond donors (Lipinski definition) is 2. The summed E-state index contributed by atoms with van der Waals surface area (Å²) in [6, 6.07) is 8.25. The molecule has 0 saturated carbocycles. The SMILES string of the molecule is CN=C(NCc1cn2cc(Br)ccc2n1)NCc1ccc(C)s1.I. The van der Waals surface area contributed by atoms with Crippen molar-refractivity contribution < 1.29 is 0 Å². The summed E-state index contributed by atoms with van der Waals surface area (Å²) in [5, 5.41) is 6.61. The van der Waals surface area contributed by atoms with Gasteiger partial charge in [0, 0.05) is 33.7 Å². The van der Waals surface area contributed by atoms with E-state index in [0.29, 0.717) is 6.54 Å². The van der Waals surface area contributed by atoms with Crippen molar-refractivity contribution in [3.05, 3.63) is 56.6 Å². The lowest BCUT2D eigenvalue weighted by Gasteiger charge is -2.09. The summed E-state index contributed by atoms with van der Waals surface area (Å²) in [5.74, 6) is 0.772. The number of hydrogen-bond acceptors (Lipinski definition) is 3. The third kappa shape index (κ3) is 4.93. The fourth-order valence-electron chi connectivity index (χ4n) is 2.25. The largest absolute Gasteiger partial charge is 0.352 e. The van der Waals surface area contributed by atoms with Gasteiger partial charge in [-0.3, -0.25) is 4.99 Å². The summed E-state index contributed by atoms with van der Waals surface area (Å²) >= 11 is 5.26. The predicted molar refractivity (Wildman–Crippen MR) is 114 cm³/mol. The summed E-state index contributed by atoms with van der Waals surface area (Å²) in [7, 11) is 1.77. The number of nitrogens with zero attached hydrogens (tertiary/aromatic N) is 3. The van der Waals surface area contributed by atoms with Gasteiger partial charge in [0.25, 0.3) is 0 Å². The Morgan fingerprint density at radius 3 is 2.71 bits per heavy atom. The molecule has 0 saturated heterocycles. The highest BCUT2D eigenvalue weighted by molar-refractivity contribution is 14.0. The number of aliphatic imine (C=N–C) groups is 1. The van der Waals surface area contributed by atoms with E-state index in [1.54, 1.807) is 18.4 Å². The second-order valence-corrected chi connectivity index (χ2v) is 7.42. The highest BCUT2D eigenvalue weighted by atomic mass is 127. The fourth-order valence-corrected chi connectivity index (χ4v) is 3.43. The van der Waals surface area contributed by atoms with Gasteiger partial charge in [0.15, 0.2) is 5.96 Å². The zero-order valence-electron chi connectivity index (χ0n) is 13.4. The number of rotatable bonds is 4. The van der Waals surface area contributed by atoms with Crippen LogP contribution in [0.2, 0.25) is 0 Å². The second-order valence-electron chi connectivity index (χ2n) is 5.14. The van der Waals surface area contributed by atoms with Gasteiger partial charge in [0.05, 0.1) is 18.8 Å². The predicted octanol–water partition coefficient (Wildman–Crippen LogP) is 3.95. The first-order valence-corrected chi connectivity index (χ1v) is 8.88. The van der Waals surface area contributed by atoms with Gasteiger partial charge in [-0.05, 0) is 47.1 Å². The van der Waals surface area contributed by atoms with E-state index in [2.05, 4.69) is 55.6 Å². The number of fused-ring (bicyclic) bond motifs is 1. The maximum atomic E-state index is 4.58. The number of guanidine groups is 1. The number of thiophene rings is 1. The van der Waals surface area contributed by atoms with Gasteiger partial charge in [-0.15, -0.1) is 35.3 Å². The molecule has 2 N–H and O–H groups in total. The van der Waals surface area contributed by atoms with E-state index in [1.165, 1.54) is 9.75 Å². The van der Waals surface area contributed by atoms with E-state index in [4.69, 9.17) is 0 Å². The van der Waals surface area contributed by atoms with Crippen LogP contribution in [0, 0.1) is 6.92 Å². The molecule has 0 aromatic carbocycles. The van der Waals surface area contributed by atoms with Gasteiger partial charge in [-0.2, -0.15) is 0 Å². The van der Waals surface area contributed by atoms with E-state index in [0.717, 1.165) is 28.3 Å². The van der Waals surface area contributed by atoms with Crippen molar-refractivity contribution >= 4 is 62.9 Å². The average Bonchev–Trinajstić information content (AvgIpc) is 3.12. The highest BCUT2D eigenvalue weighted by Gasteiger charge is 2.04. The molecule has 0 aliphatic heterocycles. The van der Waals surface area contributed by atoms with Crippen LogP contribution >= 0.6 is 51.2 Å². The van der Waals surface area contributed by atoms with Gasteiger partial charge >= 0.3 is 0 Å². The van der Waals surface area contributed by atoms with E-state index in [9.17, 15) is 0 Å². The molecule has 0 radical (unpaired) electrons. The Kier molecular flexibility index (Phi) is 7.05. The van der Waals surface area contributed by atoms with Crippen LogP contribution in [0.1, 0.15) is 15.4 Å². The lowest BCUT2D eigenvalue weighted by atomic mass is 10.4. The van der Waals surface area contributed by atoms with Crippen LogP contribution in [0.3, 0.4) is 0 Å². The van der Waals surface area contributed by atoms with Gasteiger partial charge in [-0.1, -0.05) is 0 Å². The summed E-state index contributed by atoms with van der Waals surface area (Å²) in [4.78, 5) is 11.4. The van der Waals surface area contributed by atoms with Crippen LogP contribution < -0.4 is 10.6 Å². The minimum absolute atomic E-state index is 0. The van der Waals surface area contributed by atoms with Crippen LogP contribution in [-0.2, 0) is 13.1 Å². The molecular formula is C16H19BrIN5S. The van der Waals surface area contributed by atoms with Crippen molar-refractivity contribution in [2.75, 3.05) is 7.05 Å². The fraction of sp³-hybridized carbons (Fsp3) is 0.250. The molecular weight excluding hydrogens is 501 g/mol. The first-order chi connectivity index (χ1) is 11.1. The molecule has 3 heterocycles. The highest BCUT2D eigenvalue weighted by Crippen LogP contribution is 2.14. The van der Waals surface area contributed by atoms with Crippen molar-refractivity contribution in [2.24, 2.45) is 4.99 Å². The summed E-state index contributed by atoms with van der Waals surface area (Å²) < 4.78 is 3.04. The molecule has 5 nitrogen and oxygen atoms in total. The molecule has 0 spiro atoms. The second kappa shape index (κ2) is 8.82. The Bertz CT molecular complexity index is 842. The standard InChI is InChI=1S/C16H18BrN5S.HI/c1-11-3-5-14(23-11)8-20-16(18-2)19-7-13-10-22-9-12(17)4-6-15(22)21-13;/h3-6,9-10H,7-8H2,1-2H3,(H2,18,19,20);1H. The van der Waals surface area contributed by atoms with Crippen molar-refractivity contribution in [3.63, 3.8) is 0 Å². The van der Waals surface area contributed by atoms with Gasteiger partial charge in [0.2, 0.25) is 0 Å². The molecule has 0 fully saturated rings. The molecule has 8 heteroatoms. The molecule has 0 aliphatic rings. The Hall–Kier alpha value is -1.13. The molecule has 0 atom stereocenters. The third-order valence-electron chi connectivity index (χ3n) is 3.35. The topological polar surface area (TPSA) is 53.7 Å². The molecule has 0 amide bonds. The normalized spacial score (nSPS) is 11.4. The first kappa shape index (κ1) is 19.2. The lowest BCUT2D eigenvalue weighted by molar-refractivity contribution is 0.804. The minimum atomic E-state index is 0.